The van der Waals surface area contributed by atoms with Crippen LogP contribution in [-0.4, -0.2) is 24.5 Å². The van der Waals surface area contributed by atoms with Crippen molar-refractivity contribution in [3.63, 3.8) is 0 Å². The summed E-state index contributed by atoms with van der Waals surface area (Å²) in [4.78, 5) is 22.2. The Hall–Kier alpha value is -7.12. The quantitative estimate of drug-likeness (QED) is 0.184. The van der Waals surface area contributed by atoms with E-state index in [2.05, 4.69) is 94.5 Å². The zero-order valence-corrected chi connectivity index (χ0v) is 27.3. The van der Waals surface area contributed by atoms with Gasteiger partial charge in [0.2, 0.25) is 11.9 Å². The van der Waals surface area contributed by atoms with Gasteiger partial charge in [0.15, 0.2) is 17.3 Å². The molecule has 10 rings (SSSR count). The van der Waals surface area contributed by atoms with E-state index in [0.717, 1.165) is 66.9 Å². The Morgan fingerprint density at radius 1 is 0.431 bits per heavy atom. The molecule has 51 heavy (non-hydrogen) atoms. The van der Waals surface area contributed by atoms with Gasteiger partial charge in [0.25, 0.3) is 0 Å². The largest absolute Gasteiger partial charge is 0.453 e. The van der Waals surface area contributed by atoms with Crippen molar-refractivity contribution >= 4 is 39.1 Å². The molecule has 0 saturated carbocycles. The molecule has 0 amide bonds. The minimum absolute atomic E-state index is 0.459. The Balaban J connectivity index is 1.26. The predicted molar refractivity (Wildman–Crippen MR) is 203 cm³/mol. The third-order valence-corrected chi connectivity index (χ3v) is 9.32. The van der Waals surface area contributed by atoms with Crippen LogP contribution in [0.5, 0.6) is 11.5 Å². The Kier molecular flexibility index (Phi) is 6.67. The van der Waals surface area contributed by atoms with Crippen LogP contribution in [0.2, 0.25) is 0 Å². The van der Waals surface area contributed by atoms with Gasteiger partial charge in [-0.2, -0.15) is 15.0 Å². The lowest BCUT2D eigenvalue weighted by Gasteiger charge is -2.31. The van der Waals surface area contributed by atoms with Crippen molar-refractivity contribution < 1.29 is 4.74 Å². The van der Waals surface area contributed by atoms with E-state index in [0.29, 0.717) is 23.4 Å². The highest BCUT2D eigenvalue weighted by atomic mass is 16.5. The molecule has 0 unspecified atom stereocenters. The second-order valence-corrected chi connectivity index (χ2v) is 12.4. The van der Waals surface area contributed by atoms with Crippen LogP contribution in [0.3, 0.4) is 0 Å². The molecule has 0 aliphatic carbocycles. The minimum atomic E-state index is 0.459. The van der Waals surface area contributed by atoms with Crippen LogP contribution in [0.1, 0.15) is 0 Å². The van der Waals surface area contributed by atoms with Gasteiger partial charge in [-0.15, -0.1) is 0 Å². The van der Waals surface area contributed by atoms with Crippen LogP contribution in [0.15, 0.2) is 170 Å². The normalized spacial score (nSPS) is 12.0. The number of rotatable bonds is 5. The van der Waals surface area contributed by atoms with Gasteiger partial charge >= 0.3 is 0 Å². The van der Waals surface area contributed by atoms with Gasteiger partial charge in [-0.05, 0) is 82.9 Å². The first-order valence-electron chi connectivity index (χ1n) is 16.8. The Labute approximate surface area is 293 Å². The Bertz CT molecular complexity index is 2590. The van der Waals surface area contributed by atoms with Crippen molar-refractivity contribution in [2.75, 3.05) is 4.90 Å². The summed E-state index contributed by atoms with van der Waals surface area (Å²) in [6.45, 7) is 0. The molecule has 1 aliphatic rings. The summed E-state index contributed by atoms with van der Waals surface area (Å²) in [6, 6.07) is 55.8. The molecule has 0 atom stereocenters. The molecule has 3 aromatic heterocycles. The van der Waals surface area contributed by atoms with Crippen molar-refractivity contribution in [2.45, 2.75) is 0 Å². The Morgan fingerprint density at radius 2 is 0.961 bits per heavy atom. The lowest BCUT2D eigenvalue weighted by molar-refractivity contribution is 0.476. The molecular weight excluding hydrogens is 629 g/mol. The highest BCUT2D eigenvalue weighted by Crippen LogP contribution is 2.49. The van der Waals surface area contributed by atoms with E-state index in [-0.39, 0.29) is 0 Å². The molecule has 0 spiro atoms. The van der Waals surface area contributed by atoms with Gasteiger partial charge in [-0.1, -0.05) is 103 Å². The number of aromatic nitrogens is 5. The van der Waals surface area contributed by atoms with Crippen molar-refractivity contribution in [3.8, 4) is 51.2 Å². The monoisotopic (exact) mass is 656 g/mol. The maximum Gasteiger partial charge on any atom is 0.240 e. The number of fused-ring (bicyclic) bond motifs is 5. The molecule has 4 heterocycles. The SMILES string of the molecule is c1ccc(-c2ccc3c(c2)c2cc(-c4ccccc4)ccc2n3-c2nc(-c3ccccn3)nc(N3c4ccccc4Oc4ccccc43)n2)cc1. The maximum absolute atomic E-state index is 6.33. The summed E-state index contributed by atoms with van der Waals surface area (Å²) in [5.41, 5.74) is 8.89. The third-order valence-electron chi connectivity index (χ3n) is 9.32. The maximum atomic E-state index is 6.33. The molecule has 0 saturated heterocycles. The smallest absolute Gasteiger partial charge is 0.240 e. The third kappa shape index (κ3) is 4.90. The second-order valence-electron chi connectivity index (χ2n) is 12.4. The first-order valence-corrected chi connectivity index (χ1v) is 16.8. The van der Waals surface area contributed by atoms with Gasteiger partial charge in [-0.25, -0.2) is 0 Å². The van der Waals surface area contributed by atoms with Gasteiger partial charge in [0.05, 0.1) is 22.4 Å². The van der Waals surface area contributed by atoms with Crippen molar-refractivity contribution in [1.82, 2.24) is 24.5 Å². The predicted octanol–water partition coefficient (Wildman–Crippen LogP) is 10.9. The minimum Gasteiger partial charge on any atom is -0.453 e. The number of ether oxygens (including phenoxy) is 1. The summed E-state index contributed by atoms with van der Waals surface area (Å²) in [5, 5.41) is 2.21. The number of nitrogens with zero attached hydrogens (tertiary/aromatic N) is 6. The molecule has 240 valence electrons. The topological polar surface area (TPSA) is 69.0 Å². The molecule has 0 radical (unpaired) electrons. The van der Waals surface area contributed by atoms with E-state index in [1.165, 1.54) is 0 Å². The molecule has 9 aromatic rings. The summed E-state index contributed by atoms with van der Waals surface area (Å²) in [7, 11) is 0. The molecule has 0 N–H and O–H groups in total. The fourth-order valence-corrected chi connectivity index (χ4v) is 6.94. The standard InChI is InChI=1S/C44H28N6O/c1-3-13-29(14-4-1)31-22-24-36-33(27-31)34-28-32(30-15-5-2-6-16-30)23-25-37(34)49(36)43-46-42(35-17-11-12-26-45-35)47-44(48-43)50-38-18-7-9-20-40(38)51-41-21-10-8-19-39(41)50/h1-28H. The molecule has 7 nitrogen and oxygen atoms in total. The van der Waals surface area contributed by atoms with E-state index in [4.69, 9.17) is 19.7 Å². The number of benzene rings is 6. The van der Waals surface area contributed by atoms with Gasteiger partial charge in [0, 0.05) is 17.0 Å². The van der Waals surface area contributed by atoms with E-state index >= 15 is 0 Å². The average Bonchev–Trinajstić information content (AvgIpc) is 3.54. The molecule has 0 fully saturated rings. The van der Waals surface area contributed by atoms with Crippen LogP contribution in [0.25, 0.3) is 61.5 Å². The van der Waals surface area contributed by atoms with Crippen molar-refractivity contribution in [2.24, 2.45) is 0 Å². The van der Waals surface area contributed by atoms with E-state index < -0.39 is 0 Å². The van der Waals surface area contributed by atoms with Crippen LogP contribution in [0, 0.1) is 0 Å². The molecule has 6 aromatic carbocycles. The number of anilines is 3. The first kappa shape index (κ1) is 28.9. The fraction of sp³-hybridized carbons (Fsp3) is 0. The van der Waals surface area contributed by atoms with Crippen molar-refractivity contribution in [1.29, 1.82) is 0 Å². The average molecular weight is 657 g/mol. The highest BCUT2D eigenvalue weighted by Gasteiger charge is 2.29. The number of hydrogen-bond acceptors (Lipinski definition) is 6. The van der Waals surface area contributed by atoms with Crippen LogP contribution >= 0.6 is 0 Å². The van der Waals surface area contributed by atoms with Crippen LogP contribution in [0.4, 0.5) is 17.3 Å². The number of hydrogen-bond donors (Lipinski definition) is 0. The number of pyridine rings is 1. The van der Waals surface area contributed by atoms with Crippen LogP contribution in [-0.2, 0) is 0 Å². The van der Waals surface area contributed by atoms with E-state index in [1.807, 2.05) is 83.8 Å². The summed E-state index contributed by atoms with van der Waals surface area (Å²) in [5.74, 6) is 2.85. The van der Waals surface area contributed by atoms with E-state index in [9.17, 15) is 0 Å². The van der Waals surface area contributed by atoms with Gasteiger partial charge in [0.1, 0.15) is 5.69 Å². The summed E-state index contributed by atoms with van der Waals surface area (Å²) < 4.78 is 8.47. The lowest BCUT2D eigenvalue weighted by atomic mass is 10.0. The van der Waals surface area contributed by atoms with E-state index in [1.54, 1.807) is 6.20 Å². The molecular formula is C44H28N6O. The second kappa shape index (κ2) is 11.8. The molecule has 7 heteroatoms. The fourth-order valence-electron chi connectivity index (χ4n) is 6.94. The number of para-hydroxylation sites is 4. The van der Waals surface area contributed by atoms with Crippen molar-refractivity contribution in [3.05, 3.63) is 170 Å². The lowest BCUT2D eigenvalue weighted by Crippen LogP contribution is -2.20. The molecule has 1 aliphatic heterocycles. The zero-order chi connectivity index (χ0) is 33.7. The summed E-state index contributed by atoms with van der Waals surface area (Å²) >= 11 is 0. The summed E-state index contributed by atoms with van der Waals surface area (Å²) in [6.07, 6.45) is 1.76. The Morgan fingerprint density at radius 3 is 1.53 bits per heavy atom. The van der Waals surface area contributed by atoms with Gasteiger partial charge < -0.3 is 4.74 Å². The zero-order valence-electron chi connectivity index (χ0n) is 27.3. The molecule has 0 bridgehead atoms. The highest BCUT2D eigenvalue weighted by molar-refractivity contribution is 6.11. The van der Waals surface area contributed by atoms with Gasteiger partial charge in [-0.3, -0.25) is 14.5 Å². The van der Waals surface area contributed by atoms with Crippen LogP contribution < -0.4 is 9.64 Å². The first-order chi connectivity index (χ1) is 25.3.